The number of carboxylic acids is 1. The molecular weight excluding hydrogens is 635 g/mol. The summed E-state index contributed by atoms with van der Waals surface area (Å²) in [6.45, 7) is 5.57. The Morgan fingerprint density at radius 3 is 2.61 bits per heavy atom. The zero-order valence-electron chi connectivity index (χ0n) is 25.4. The number of urea groups is 1. The van der Waals surface area contributed by atoms with Crippen LogP contribution in [0.5, 0.6) is 0 Å². The number of aliphatic carboxylic acids is 1. The Hall–Kier alpha value is -4.33. The van der Waals surface area contributed by atoms with Crippen LogP contribution in [0.4, 0.5) is 14.9 Å². The van der Waals surface area contributed by atoms with E-state index < -0.39 is 29.2 Å². The molecule has 240 valence electrons. The Kier molecular flexibility index (Phi) is 8.57. The first kappa shape index (κ1) is 31.6. The highest BCUT2D eigenvalue weighted by Crippen LogP contribution is 2.38. The lowest BCUT2D eigenvalue weighted by molar-refractivity contribution is -0.142. The Bertz CT molecular complexity index is 1750. The molecule has 0 bridgehead atoms. The molecule has 46 heavy (non-hydrogen) atoms. The molecule has 3 aliphatic heterocycles. The van der Waals surface area contributed by atoms with Crippen LogP contribution in [0.2, 0.25) is 5.02 Å². The van der Waals surface area contributed by atoms with Gasteiger partial charge in [0.25, 0.3) is 0 Å². The van der Waals surface area contributed by atoms with Gasteiger partial charge in [-0.2, -0.15) is 0 Å². The van der Waals surface area contributed by atoms with Crippen LogP contribution in [0.3, 0.4) is 0 Å². The zero-order chi connectivity index (χ0) is 32.7. The van der Waals surface area contributed by atoms with Crippen molar-refractivity contribution in [3.63, 3.8) is 0 Å². The maximum absolute atomic E-state index is 14.6. The minimum absolute atomic E-state index is 0.112. The molecule has 2 saturated heterocycles. The Morgan fingerprint density at radius 2 is 1.93 bits per heavy atom. The Balaban J connectivity index is 1.26. The Labute approximate surface area is 273 Å². The van der Waals surface area contributed by atoms with Crippen molar-refractivity contribution in [2.45, 2.75) is 31.3 Å². The number of carbonyl (C=O) groups excluding carboxylic acids is 2. The summed E-state index contributed by atoms with van der Waals surface area (Å²) >= 11 is 7.77. The average Bonchev–Trinajstić information content (AvgIpc) is 3.70. The maximum Gasteiger partial charge on any atom is 0.338 e. The Morgan fingerprint density at radius 1 is 1.17 bits per heavy atom. The van der Waals surface area contributed by atoms with Crippen molar-refractivity contribution in [1.29, 1.82) is 0 Å². The molecule has 2 N–H and O–H groups in total. The number of anilines is 1. The minimum Gasteiger partial charge on any atom is -0.481 e. The van der Waals surface area contributed by atoms with Crippen molar-refractivity contribution in [1.82, 2.24) is 20.1 Å². The van der Waals surface area contributed by atoms with Gasteiger partial charge in [0.05, 0.1) is 29.2 Å². The van der Waals surface area contributed by atoms with E-state index in [0.29, 0.717) is 66.1 Å². The van der Waals surface area contributed by atoms with Gasteiger partial charge in [0.1, 0.15) is 11.9 Å². The number of hydrogen-bond donors (Lipinski definition) is 2. The van der Waals surface area contributed by atoms with E-state index in [4.69, 9.17) is 21.3 Å². The number of halogens is 2. The fraction of sp³-hybridized carbons (Fsp3) is 0.344. The number of carbonyl (C=O) groups is 3. The summed E-state index contributed by atoms with van der Waals surface area (Å²) in [7, 11) is 1.28. The molecule has 0 radical (unpaired) electrons. The number of carboxylic acid groups (broad SMARTS) is 1. The number of amides is 2. The summed E-state index contributed by atoms with van der Waals surface area (Å²) in [5, 5.41) is 15.2. The van der Waals surface area contributed by atoms with Gasteiger partial charge in [0.2, 0.25) is 0 Å². The molecule has 0 spiro atoms. The van der Waals surface area contributed by atoms with E-state index in [9.17, 15) is 23.9 Å². The van der Waals surface area contributed by atoms with E-state index in [2.05, 4.69) is 15.2 Å². The fourth-order valence-electron chi connectivity index (χ4n) is 6.01. The third-order valence-corrected chi connectivity index (χ3v) is 9.87. The molecule has 0 aliphatic carbocycles. The molecule has 14 heteroatoms. The number of benzene rings is 2. The van der Waals surface area contributed by atoms with Crippen molar-refractivity contribution < 1.29 is 28.6 Å². The maximum atomic E-state index is 14.6. The van der Waals surface area contributed by atoms with Gasteiger partial charge in [0.15, 0.2) is 10.8 Å². The van der Waals surface area contributed by atoms with Gasteiger partial charge in [0, 0.05) is 61.2 Å². The second kappa shape index (κ2) is 12.5. The third kappa shape index (κ3) is 5.74. The number of fused-ring (bicyclic) bond motifs is 1. The smallest absolute Gasteiger partial charge is 0.338 e. The number of esters is 1. The number of thiazole rings is 1. The lowest BCUT2D eigenvalue weighted by Gasteiger charge is -2.38. The van der Waals surface area contributed by atoms with Crippen LogP contribution in [-0.4, -0.2) is 89.6 Å². The standard InChI is InChI=1S/C32H32ClFN6O5S/c1-32(2,30(42)43)18-7-9-19(10-8-18)40-16-20-15-38(12-13-39(20)31(40)44)17-23-24(29(41)45-3)26(21-5-4-6-22(34)25(21)33)37-27(36-23)28-35-11-14-46-28/h4-11,14,20,26H,12-13,15-17H2,1-3H3,(H,36,37)(H,42,43)/t20-,26-/m0/s1. The molecule has 2 atom stereocenters. The van der Waals surface area contributed by atoms with E-state index >= 15 is 0 Å². The highest BCUT2D eigenvalue weighted by molar-refractivity contribution is 7.11. The lowest BCUT2D eigenvalue weighted by atomic mass is 9.85. The normalized spacial score (nSPS) is 20.4. The molecular formula is C32H32ClFN6O5S. The van der Waals surface area contributed by atoms with E-state index in [1.54, 1.807) is 55.3 Å². The number of nitrogens with zero attached hydrogens (tertiary/aromatic N) is 5. The number of nitrogens with one attached hydrogen (secondary N) is 1. The van der Waals surface area contributed by atoms with Crippen LogP contribution in [-0.2, 0) is 19.7 Å². The molecule has 2 fully saturated rings. The van der Waals surface area contributed by atoms with Gasteiger partial charge < -0.3 is 20.1 Å². The number of hydrogen-bond acceptors (Lipinski definition) is 9. The van der Waals surface area contributed by atoms with Crippen LogP contribution >= 0.6 is 22.9 Å². The van der Waals surface area contributed by atoms with Crippen molar-refractivity contribution in [3.05, 3.63) is 92.3 Å². The summed E-state index contributed by atoms with van der Waals surface area (Å²) in [6, 6.07) is 10.3. The van der Waals surface area contributed by atoms with Crippen molar-refractivity contribution in [2.75, 3.05) is 44.7 Å². The van der Waals surface area contributed by atoms with Gasteiger partial charge >= 0.3 is 18.0 Å². The van der Waals surface area contributed by atoms with Gasteiger partial charge in [-0.25, -0.2) is 19.0 Å². The predicted molar refractivity (Wildman–Crippen MR) is 172 cm³/mol. The minimum atomic E-state index is -1.06. The number of amidine groups is 1. The summed E-state index contributed by atoms with van der Waals surface area (Å²) in [5.74, 6) is -1.74. The van der Waals surface area contributed by atoms with E-state index in [1.807, 2.05) is 10.3 Å². The molecule has 1 aromatic heterocycles. The van der Waals surface area contributed by atoms with E-state index in [1.165, 1.54) is 30.6 Å². The number of piperazine rings is 1. The molecule has 11 nitrogen and oxygen atoms in total. The fourth-order valence-corrected chi connectivity index (χ4v) is 6.83. The van der Waals surface area contributed by atoms with Crippen LogP contribution in [0.1, 0.15) is 36.0 Å². The molecule has 2 amide bonds. The topological polar surface area (TPSA) is 128 Å². The molecule has 2 aromatic carbocycles. The summed E-state index contributed by atoms with van der Waals surface area (Å²) in [5.41, 5.74) is 1.36. The van der Waals surface area contributed by atoms with Crippen LogP contribution in [0.25, 0.3) is 0 Å². The zero-order valence-corrected chi connectivity index (χ0v) is 26.9. The first-order valence-corrected chi connectivity index (χ1v) is 15.9. The first-order chi connectivity index (χ1) is 22.0. The monoisotopic (exact) mass is 666 g/mol. The SMILES string of the molecule is COC(=O)C1=C(CN2CCN3C(=O)N(c4ccc(C(C)(C)C(=O)O)cc4)C[C@@H]3C2)NC(c2nccs2)=N[C@H]1c1cccc(F)c1Cl. The number of ether oxygens (including phenoxy) is 1. The molecule has 3 aromatic rings. The highest BCUT2D eigenvalue weighted by atomic mass is 35.5. The number of aliphatic imine (C=N–C) groups is 1. The van der Waals surface area contributed by atoms with Crippen molar-refractivity contribution in [3.8, 4) is 0 Å². The third-order valence-electron chi connectivity index (χ3n) is 8.70. The van der Waals surface area contributed by atoms with E-state index in [0.717, 1.165) is 0 Å². The summed E-state index contributed by atoms with van der Waals surface area (Å²) in [6.07, 6.45) is 1.65. The molecule has 6 rings (SSSR count). The van der Waals surface area contributed by atoms with Gasteiger partial charge in [-0.15, -0.1) is 11.3 Å². The van der Waals surface area contributed by atoms with Crippen LogP contribution < -0.4 is 10.2 Å². The second-order valence-electron chi connectivity index (χ2n) is 11.8. The van der Waals surface area contributed by atoms with Gasteiger partial charge in [-0.3, -0.25) is 19.6 Å². The summed E-state index contributed by atoms with van der Waals surface area (Å²) < 4.78 is 19.8. The number of aromatic nitrogens is 1. The predicted octanol–water partition coefficient (Wildman–Crippen LogP) is 4.44. The molecule has 4 heterocycles. The van der Waals surface area contributed by atoms with Crippen molar-refractivity contribution >= 4 is 52.4 Å². The van der Waals surface area contributed by atoms with Gasteiger partial charge in [-0.1, -0.05) is 35.9 Å². The molecule has 0 saturated carbocycles. The van der Waals surface area contributed by atoms with E-state index in [-0.39, 0.29) is 22.7 Å². The average molecular weight is 667 g/mol. The van der Waals surface area contributed by atoms with Crippen LogP contribution in [0.15, 0.2) is 70.3 Å². The molecule has 0 unspecified atom stereocenters. The first-order valence-electron chi connectivity index (χ1n) is 14.6. The van der Waals surface area contributed by atoms with Crippen LogP contribution in [0, 0.1) is 5.82 Å². The van der Waals surface area contributed by atoms with Gasteiger partial charge in [-0.05, 0) is 37.6 Å². The summed E-state index contributed by atoms with van der Waals surface area (Å²) in [4.78, 5) is 53.3. The lowest BCUT2D eigenvalue weighted by Crippen LogP contribution is -2.53. The highest BCUT2D eigenvalue weighted by Gasteiger charge is 2.42. The molecule has 3 aliphatic rings. The number of methoxy groups -OCH3 is 1. The quantitative estimate of drug-likeness (QED) is 0.338. The second-order valence-corrected chi connectivity index (χ2v) is 13.1. The number of rotatable bonds is 8. The van der Waals surface area contributed by atoms with Crippen molar-refractivity contribution in [2.24, 2.45) is 4.99 Å². The largest absolute Gasteiger partial charge is 0.481 e.